The zero-order valence-corrected chi connectivity index (χ0v) is 4.61. The number of rotatable bonds is 0. The second kappa shape index (κ2) is 1.57. The van der Waals surface area contributed by atoms with E-state index in [9.17, 15) is 0 Å². The van der Waals surface area contributed by atoms with Crippen molar-refractivity contribution < 1.29 is 4.74 Å². The lowest BCUT2D eigenvalue weighted by atomic mass is 10.1. The van der Waals surface area contributed by atoms with E-state index in [-0.39, 0.29) is 0 Å². The van der Waals surface area contributed by atoms with Gasteiger partial charge in [-0.3, -0.25) is 0 Å². The van der Waals surface area contributed by atoms with Gasteiger partial charge in [-0.15, -0.1) is 0 Å². The van der Waals surface area contributed by atoms with Crippen LogP contribution in [0, 0.1) is 5.92 Å². The molecular formula is C6H10O. The molecule has 0 saturated carbocycles. The lowest BCUT2D eigenvalue weighted by Crippen LogP contribution is -1.85. The highest BCUT2D eigenvalue weighted by Gasteiger charge is 2.13. The van der Waals surface area contributed by atoms with Gasteiger partial charge < -0.3 is 4.74 Å². The molecule has 1 aliphatic rings. The van der Waals surface area contributed by atoms with Gasteiger partial charge in [0, 0.05) is 5.92 Å². The van der Waals surface area contributed by atoms with Crippen molar-refractivity contribution in [2.75, 3.05) is 6.61 Å². The molecule has 0 spiro atoms. The normalized spacial score (nSPS) is 30.4. The first-order chi connectivity index (χ1) is 3.30. The summed E-state index contributed by atoms with van der Waals surface area (Å²) in [4.78, 5) is 0. The lowest BCUT2D eigenvalue weighted by molar-refractivity contribution is 0.261. The minimum Gasteiger partial charge on any atom is -0.498 e. The smallest absolute Gasteiger partial charge is 0.0917 e. The van der Waals surface area contributed by atoms with E-state index < -0.39 is 0 Å². The van der Waals surface area contributed by atoms with Crippen LogP contribution in [0.2, 0.25) is 0 Å². The molecule has 0 aromatic carbocycles. The highest BCUT2D eigenvalue weighted by Crippen LogP contribution is 2.20. The predicted octanol–water partition coefficient (Wildman–Crippen LogP) is 1.56. The van der Waals surface area contributed by atoms with E-state index in [1.165, 1.54) is 0 Å². The second-order valence-electron chi connectivity index (χ2n) is 2.00. The molecule has 40 valence electrons. The summed E-state index contributed by atoms with van der Waals surface area (Å²) in [6.45, 7) is 6.72. The van der Waals surface area contributed by atoms with Crippen LogP contribution in [0.1, 0.15) is 13.3 Å². The molecule has 0 aliphatic carbocycles. The van der Waals surface area contributed by atoms with Crippen molar-refractivity contribution in [3.63, 3.8) is 0 Å². The standard InChI is InChI=1S/C6H10O/c1-5-3-4-7-6(5)2/h5H,2-4H2,1H3/t5-/m1/s1. The van der Waals surface area contributed by atoms with Crippen molar-refractivity contribution in [2.24, 2.45) is 5.92 Å². The molecule has 1 heteroatoms. The largest absolute Gasteiger partial charge is 0.498 e. The summed E-state index contributed by atoms with van der Waals surface area (Å²) >= 11 is 0. The average Bonchev–Trinajstić information content (AvgIpc) is 1.91. The number of ether oxygens (including phenoxy) is 1. The quantitative estimate of drug-likeness (QED) is 0.446. The Balaban J connectivity index is 2.48. The molecule has 1 saturated heterocycles. The van der Waals surface area contributed by atoms with Crippen LogP contribution < -0.4 is 0 Å². The molecule has 1 nitrogen and oxygen atoms in total. The number of hydrogen-bond acceptors (Lipinski definition) is 1. The van der Waals surface area contributed by atoms with Gasteiger partial charge in [0.15, 0.2) is 0 Å². The molecule has 0 bridgehead atoms. The fraction of sp³-hybridized carbons (Fsp3) is 0.667. The van der Waals surface area contributed by atoms with E-state index in [0.29, 0.717) is 5.92 Å². The first kappa shape index (κ1) is 4.69. The van der Waals surface area contributed by atoms with E-state index in [1.807, 2.05) is 0 Å². The van der Waals surface area contributed by atoms with Crippen LogP contribution in [-0.2, 0) is 4.74 Å². The molecule has 1 fully saturated rings. The fourth-order valence-corrected chi connectivity index (χ4v) is 0.670. The summed E-state index contributed by atoms with van der Waals surface area (Å²) in [5.74, 6) is 1.56. The minimum absolute atomic E-state index is 0.597. The van der Waals surface area contributed by atoms with Gasteiger partial charge in [0.25, 0.3) is 0 Å². The van der Waals surface area contributed by atoms with Crippen LogP contribution in [0.15, 0.2) is 12.3 Å². The van der Waals surface area contributed by atoms with Gasteiger partial charge in [-0.2, -0.15) is 0 Å². The van der Waals surface area contributed by atoms with Gasteiger partial charge in [0.05, 0.1) is 12.4 Å². The molecule has 1 heterocycles. The molecule has 0 aromatic heterocycles. The maximum absolute atomic E-state index is 5.07. The van der Waals surface area contributed by atoms with Gasteiger partial charge in [-0.05, 0) is 6.42 Å². The molecule has 7 heavy (non-hydrogen) atoms. The van der Waals surface area contributed by atoms with Crippen LogP contribution in [0.5, 0.6) is 0 Å². The van der Waals surface area contributed by atoms with Crippen molar-refractivity contribution in [3.8, 4) is 0 Å². The van der Waals surface area contributed by atoms with Gasteiger partial charge >= 0.3 is 0 Å². The summed E-state index contributed by atoms with van der Waals surface area (Å²) in [6.07, 6.45) is 1.15. The van der Waals surface area contributed by atoms with E-state index in [4.69, 9.17) is 4.74 Å². The highest BCUT2D eigenvalue weighted by molar-refractivity contribution is 4.92. The van der Waals surface area contributed by atoms with Crippen molar-refractivity contribution >= 4 is 0 Å². The number of hydrogen-bond donors (Lipinski definition) is 0. The third kappa shape index (κ3) is 0.763. The van der Waals surface area contributed by atoms with Crippen LogP contribution in [0.4, 0.5) is 0 Å². The predicted molar refractivity (Wildman–Crippen MR) is 28.9 cm³/mol. The van der Waals surface area contributed by atoms with E-state index in [2.05, 4.69) is 13.5 Å². The Bertz CT molecular complexity index is 86.2. The maximum atomic E-state index is 5.07. The van der Waals surface area contributed by atoms with Crippen LogP contribution in [-0.4, -0.2) is 6.61 Å². The molecule has 0 N–H and O–H groups in total. The monoisotopic (exact) mass is 98.1 g/mol. The van der Waals surface area contributed by atoms with Crippen molar-refractivity contribution in [1.29, 1.82) is 0 Å². The molecule has 0 radical (unpaired) electrons. The zero-order valence-electron chi connectivity index (χ0n) is 4.61. The highest BCUT2D eigenvalue weighted by atomic mass is 16.5. The summed E-state index contributed by atoms with van der Waals surface area (Å²) in [5, 5.41) is 0. The Morgan fingerprint density at radius 1 is 1.86 bits per heavy atom. The molecule has 1 aliphatic heterocycles. The molecule has 1 atom stereocenters. The Morgan fingerprint density at radius 2 is 2.57 bits per heavy atom. The molecule has 0 unspecified atom stereocenters. The van der Waals surface area contributed by atoms with Gasteiger partial charge in [-0.25, -0.2) is 0 Å². The summed E-state index contributed by atoms with van der Waals surface area (Å²) in [7, 11) is 0. The minimum atomic E-state index is 0.597. The van der Waals surface area contributed by atoms with Gasteiger partial charge in [0.1, 0.15) is 0 Å². The first-order valence-electron chi connectivity index (χ1n) is 2.62. The third-order valence-electron chi connectivity index (χ3n) is 1.39. The summed E-state index contributed by atoms with van der Waals surface area (Å²) in [5.41, 5.74) is 0. The van der Waals surface area contributed by atoms with E-state index >= 15 is 0 Å². The average molecular weight is 98.1 g/mol. The Morgan fingerprint density at radius 3 is 2.71 bits per heavy atom. The van der Waals surface area contributed by atoms with E-state index in [1.54, 1.807) is 0 Å². The Labute approximate surface area is 44.0 Å². The van der Waals surface area contributed by atoms with Gasteiger partial charge in [0.2, 0.25) is 0 Å². The lowest BCUT2D eigenvalue weighted by Gasteiger charge is -1.96. The third-order valence-corrected chi connectivity index (χ3v) is 1.39. The second-order valence-corrected chi connectivity index (χ2v) is 2.00. The van der Waals surface area contributed by atoms with Crippen molar-refractivity contribution in [1.82, 2.24) is 0 Å². The molecule has 0 amide bonds. The maximum Gasteiger partial charge on any atom is 0.0917 e. The van der Waals surface area contributed by atoms with Gasteiger partial charge in [-0.1, -0.05) is 13.5 Å². The summed E-state index contributed by atoms with van der Waals surface area (Å²) in [6, 6.07) is 0. The zero-order chi connectivity index (χ0) is 5.28. The SMILES string of the molecule is C=C1OCC[C@H]1C. The molecule has 0 aromatic rings. The van der Waals surface area contributed by atoms with Crippen molar-refractivity contribution in [3.05, 3.63) is 12.3 Å². The molecular weight excluding hydrogens is 88.1 g/mol. The Hall–Kier alpha value is -0.460. The number of allylic oxidation sites excluding steroid dienone is 1. The fourth-order valence-electron chi connectivity index (χ4n) is 0.670. The Kier molecular flexibility index (Phi) is 1.05. The summed E-state index contributed by atoms with van der Waals surface area (Å²) < 4.78 is 5.07. The van der Waals surface area contributed by atoms with Crippen LogP contribution >= 0.6 is 0 Å². The van der Waals surface area contributed by atoms with Crippen molar-refractivity contribution in [2.45, 2.75) is 13.3 Å². The first-order valence-corrected chi connectivity index (χ1v) is 2.62. The van der Waals surface area contributed by atoms with E-state index in [0.717, 1.165) is 18.8 Å². The van der Waals surface area contributed by atoms with Crippen LogP contribution in [0.25, 0.3) is 0 Å². The topological polar surface area (TPSA) is 9.23 Å². The molecule has 1 rings (SSSR count). The van der Waals surface area contributed by atoms with Crippen LogP contribution in [0.3, 0.4) is 0 Å².